The fourth-order valence-electron chi connectivity index (χ4n) is 2.45. The first-order chi connectivity index (χ1) is 11.6. The summed E-state index contributed by atoms with van der Waals surface area (Å²) >= 11 is 3.44. The highest BCUT2D eigenvalue weighted by Gasteiger charge is 2.26. The number of halogens is 1. The quantitative estimate of drug-likeness (QED) is 0.734. The van der Waals surface area contributed by atoms with Gasteiger partial charge in [0, 0.05) is 5.56 Å². The van der Waals surface area contributed by atoms with E-state index in [9.17, 15) is 4.79 Å². The third kappa shape index (κ3) is 3.95. The van der Waals surface area contributed by atoms with Gasteiger partial charge in [0.25, 0.3) is 0 Å². The van der Waals surface area contributed by atoms with Crippen molar-refractivity contribution < 1.29 is 19.0 Å². The van der Waals surface area contributed by atoms with Gasteiger partial charge in [-0.25, -0.2) is 4.79 Å². The Morgan fingerprint density at radius 3 is 2.75 bits per heavy atom. The predicted molar refractivity (Wildman–Crippen MR) is 92.8 cm³/mol. The van der Waals surface area contributed by atoms with Crippen LogP contribution in [-0.2, 0) is 22.7 Å². The van der Waals surface area contributed by atoms with Crippen molar-refractivity contribution in [3.05, 3.63) is 63.6 Å². The summed E-state index contributed by atoms with van der Waals surface area (Å²) in [6.45, 7) is 1.42. The summed E-state index contributed by atoms with van der Waals surface area (Å²) in [5, 5.41) is 0. The number of fused-ring (bicyclic) bond motifs is 1. The fourth-order valence-corrected chi connectivity index (χ4v) is 2.93. The first-order valence-electron chi connectivity index (χ1n) is 7.63. The number of hydrogen-bond donors (Lipinski definition) is 1. The predicted octanol–water partition coefficient (Wildman–Crippen LogP) is 3.04. The van der Waals surface area contributed by atoms with Crippen molar-refractivity contribution in [3.8, 4) is 5.75 Å². The van der Waals surface area contributed by atoms with E-state index in [1.54, 1.807) is 12.1 Å². The van der Waals surface area contributed by atoms with Gasteiger partial charge >= 0.3 is 5.97 Å². The number of rotatable bonds is 7. The van der Waals surface area contributed by atoms with Gasteiger partial charge in [-0.3, -0.25) is 0 Å². The molecule has 0 aromatic heterocycles. The molecule has 6 heteroatoms. The second-order valence-corrected chi connectivity index (χ2v) is 6.40. The molecule has 1 heterocycles. The van der Waals surface area contributed by atoms with Crippen molar-refractivity contribution >= 4 is 21.9 Å². The SMILES string of the molecule is N[C@H](COCc1ccccc1)COc1c(Br)ccc2c1COC2=O. The molecule has 0 radical (unpaired) electrons. The molecule has 0 fully saturated rings. The molecule has 1 atom stereocenters. The van der Waals surface area contributed by atoms with Crippen LogP contribution in [0.15, 0.2) is 46.9 Å². The standard InChI is InChI=1S/C18H18BrNO4/c19-16-7-6-14-15(11-24-18(14)21)17(16)23-10-13(20)9-22-8-12-4-2-1-3-5-12/h1-7,13H,8-11,20H2/t13-/m1/s1. The minimum atomic E-state index is -0.321. The van der Waals surface area contributed by atoms with Crippen LogP contribution in [0.25, 0.3) is 0 Å². The number of carbonyl (C=O) groups is 1. The van der Waals surface area contributed by atoms with Crippen molar-refractivity contribution in [1.82, 2.24) is 0 Å². The van der Waals surface area contributed by atoms with Gasteiger partial charge in [0.2, 0.25) is 0 Å². The highest BCUT2D eigenvalue weighted by atomic mass is 79.9. The highest BCUT2D eigenvalue weighted by molar-refractivity contribution is 9.10. The largest absolute Gasteiger partial charge is 0.490 e. The zero-order valence-corrected chi connectivity index (χ0v) is 14.6. The van der Waals surface area contributed by atoms with Crippen LogP contribution in [0.5, 0.6) is 5.75 Å². The van der Waals surface area contributed by atoms with Crippen LogP contribution in [0.1, 0.15) is 21.5 Å². The molecule has 1 aliphatic heterocycles. The van der Waals surface area contributed by atoms with E-state index in [0.717, 1.165) is 15.6 Å². The van der Waals surface area contributed by atoms with Crippen LogP contribution in [-0.4, -0.2) is 25.2 Å². The van der Waals surface area contributed by atoms with Crippen molar-refractivity contribution in [1.29, 1.82) is 0 Å². The maximum Gasteiger partial charge on any atom is 0.339 e. The summed E-state index contributed by atoms with van der Waals surface area (Å²) in [6.07, 6.45) is 0. The summed E-state index contributed by atoms with van der Waals surface area (Å²) in [5.41, 5.74) is 8.45. The molecule has 2 aromatic carbocycles. The van der Waals surface area contributed by atoms with Gasteiger partial charge in [-0.15, -0.1) is 0 Å². The Balaban J connectivity index is 1.52. The highest BCUT2D eigenvalue weighted by Crippen LogP contribution is 2.35. The van der Waals surface area contributed by atoms with E-state index in [-0.39, 0.29) is 25.2 Å². The maximum absolute atomic E-state index is 11.6. The molecule has 0 unspecified atom stereocenters. The second-order valence-electron chi connectivity index (χ2n) is 5.55. The number of nitrogens with two attached hydrogens (primary N) is 1. The van der Waals surface area contributed by atoms with Crippen LogP contribution < -0.4 is 10.5 Å². The van der Waals surface area contributed by atoms with Crippen molar-refractivity contribution in [3.63, 3.8) is 0 Å². The Kier molecular flexibility index (Phi) is 5.50. The van der Waals surface area contributed by atoms with Crippen molar-refractivity contribution in [2.75, 3.05) is 13.2 Å². The van der Waals surface area contributed by atoms with Gasteiger partial charge in [0.05, 0.1) is 29.3 Å². The van der Waals surface area contributed by atoms with Crippen LogP contribution in [0, 0.1) is 0 Å². The molecule has 3 rings (SSSR count). The topological polar surface area (TPSA) is 70.8 Å². The third-order valence-electron chi connectivity index (χ3n) is 3.67. The van der Waals surface area contributed by atoms with Crippen LogP contribution >= 0.6 is 15.9 Å². The van der Waals surface area contributed by atoms with E-state index in [0.29, 0.717) is 24.5 Å². The zero-order valence-electron chi connectivity index (χ0n) is 13.0. The number of esters is 1. The number of hydrogen-bond acceptors (Lipinski definition) is 5. The molecular weight excluding hydrogens is 374 g/mol. The first kappa shape index (κ1) is 17.0. The van der Waals surface area contributed by atoms with E-state index in [4.69, 9.17) is 19.9 Å². The van der Waals surface area contributed by atoms with E-state index < -0.39 is 0 Å². The Morgan fingerprint density at radius 2 is 1.96 bits per heavy atom. The summed E-state index contributed by atoms with van der Waals surface area (Å²) in [7, 11) is 0. The van der Waals surface area contributed by atoms with Gasteiger partial charge in [-0.05, 0) is 33.6 Å². The average molecular weight is 392 g/mol. The normalized spacial score (nSPS) is 14.2. The van der Waals surface area contributed by atoms with Gasteiger partial charge in [0.15, 0.2) is 0 Å². The van der Waals surface area contributed by atoms with Crippen LogP contribution in [0.2, 0.25) is 0 Å². The molecule has 5 nitrogen and oxygen atoms in total. The molecule has 0 saturated carbocycles. The van der Waals surface area contributed by atoms with E-state index in [1.807, 2.05) is 30.3 Å². The van der Waals surface area contributed by atoms with E-state index >= 15 is 0 Å². The van der Waals surface area contributed by atoms with E-state index in [1.165, 1.54) is 0 Å². The number of ether oxygens (including phenoxy) is 3. The zero-order chi connectivity index (χ0) is 16.9. The minimum absolute atomic E-state index is 0.225. The lowest BCUT2D eigenvalue weighted by molar-refractivity contribution is 0.0533. The lowest BCUT2D eigenvalue weighted by atomic mass is 10.1. The fraction of sp³-hybridized carbons (Fsp3) is 0.278. The molecule has 0 aliphatic carbocycles. The molecule has 2 N–H and O–H groups in total. The Bertz CT molecular complexity index is 720. The molecule has 0 spiro atoms. The van der Waals surface area contributed by atoms with Gasteiger partial charge in [0.1, 0.15) is 19.0 Å². The molecule has 24 heavy (non-hydrogen) atoms. The molecule has 0 bridgehead atoms. The molecule has 1 aliphatic rings. The lowest BCUT2D eigenvalue weighted by Crippen LogP contribution is -2.33. The number of benzene rings is 2. The lowest BCUT2D eigenvalue weighted by Gasteiger charge is -2.16. The minimum Gasteiger partial charge on any atom is -0.490 e. The number of cyclic esters (lactones) is 1. The molecule has 2 aromatic rings. The molecular formula is C18H18BrNO4. The van der Waals surface area contributed by atoms with Gasteiger partial charge in [-0.2, -0.15) is 0 Å². The molecule has 0 saturated heterocycles. The Morgan fingerprint density at radius 1 is 1.17 bits per heavy atom. The van der Waals surface area contributed by atoms with Gasteiger partial charge < -0.3 is 19.9 Å². The van der Waals surface area contributed by atoms with Gasteiger partial charge in [-0.1, -0.05) is 30.3 Å². The molecule has 0 amide bonds. The average Bonchev–Trinajstić information content (AvgIpc) is 2.96. The summed E-state index contributed by atoms with van der Waals surface area (Å²) < 4.78 is 17.2. The van der Waals surface area contributed by atoms with Crippen molar-refractivity contribution in [2.45, 2.75) is 19.3 Å². The first-order valence-corrected chi connectivity index (χ1v) is 8.43. The summed E-state index contributed by atoms with van der Waals surface area (Å²) in [6, 6.07) is 13.1. The third-order valence-corrected chi connectivity index (χ3v) is 4.29. The van der Waals surface area contributed by atoms with Crippen LogP contribution in [0.4, 0.5) is 0 Å². The van der Waals surface area contributed by atoms with E-state index in [2.05, 4.69) is 15.9 Å². The van der Waals surface area contributed by atoms with Crippen LogP contribution in [0.3, 0.4) is 0 Å². The molecule has 126 valence electrons. The maximum atomic E-state index is 11.6. The van der Waals surface area contributed by atoms with Crippen molar-refractivity contribution in [2.24, 2.45) is 5.73 Å². The smallest absolute Gasteiger partial charge is 0.339 e. The second kappa shape index (κ2) is 7.79. The number of carbonyl (C=O) groups excluding carboxylic acids is 1. The summed E-state index contributed by atoms with van der Waals surface area (Å²) in [5.74, 6) is 0.287. The Labute approximate surface area is 148 Å². The summed E-state index contributed by atoms with van der Waals surface area (Å²) in [4.78, 5) is 11.6. The Hall–Kier alpha value is -1.89. The monoisotopic (exact) mass is 391 g/mol.